The van der Waals surface area contributed by atoms with E-state index in [2.05, 4.69) is 15.3 Å². The molecule has 2 rings (SSSR count). The van der Waals surface area contributed by atoms with Crippen LogP contribution in [0.25, 0.3) is 0 Å². The number of carbonyl (C=O) groups is 1. The Morgan fingerprint density at radius 2 is 2.17 bits per heavy atom. The zero-order valence-electron chi connectivity index (χ0n) is 13.5. The first kappa shape index (κ1) is 16.9. The van der Waals surface area contributed by atoms with Gasteiger partial charge in [-0.1, -0.05) is 12.1 Å². The van der Waals surface area contributed by atoms with E-state index >= 15 is 0 Å². The summed E-state index contributed by atoms with van der Waals surface area (Å²) in [4.78, 5) is 22.6. The first-order valence-electron chi connectivity index (χ1n) is 7.55. The highest BCUT2D eigenvalue weighted by Crippen LogP contribution is 2.10. The number of amides is 2. The van der Waals surface area contributed by atoms with Crippen molar-refractivity contribution in [2.24, 2.45) is 0 Å². The first-order chi connectivity index (χ1) is 11.2. The Hall–Kier alpha value is -2.47. The number of hydrogen-bond acceptors (Lipinski definition) is 4. The Labute approximate surface area is 136 Å². The number of rotatable bonds is 7. The Bertz CT molecular complexity index is 592. The molecule has 0 saturated carbocycles. The summed E-state index contributed by atoms with van der Waals surface area (Å²) in [5.74, 6) is 0. The Morgan fingerprint density at radius 3 is 2.83 bits per heavy atom. The summed E-state index contributed by atoms with van der Waals surface area (Å²) in [6, 6.07) is 9.15. The number of methoxy groups -OCH3 is 1. The van der Waals surface area contributed by atoms with Gasteiger partial charge in [0, 0.05) is 38.8 Å². The molecule has 0 spiro atoms. The second kappa shape index (κ2) is 8.85. The summed E-state index contributed by atoms with van der Waals surface area (Å²) in [7, 11) is 1.62. The molecule has 0 aliphatic heterocycles. The second-order valence-electron chi connectivity index (χ2n) is 5.20. The van der Waals surface area contributed by atoms with Gasteiger partial charge >= 0.3 is 6.03 Å². The van der Waals surface area contributed by atoms with Gasteiger partial charge in [0.2, 0.25) is 0 Å². The minimum absolute atomic E-state index is 0.149. The summed E-state index contributed by atoms with van der Waals surface area (Å²) in [5.41, 5.74) is 1.80. The maximum Gasteiger partial charge on any atom is 0.318 e. The summed E-state index contributed by atoms with van der Waals surface area (Å²) in [6.07, 6.45) is 5.19. The summed E-state index contributed by atoms with van der Waals surface area (Å²) < 4.78 is 5.10. The lowest BCUT2D eigenvalue weighted by molar-refractivity contribution is 0.145. The number of urea groups is 1. The van der Waals surface area contributed by atoms with Gasteiger partial charge in [0.15, 0.2) is 0 Å². The van der Waals surface area contributed by atoms with Crippen LogP contribution in [0.3, 0.4) is 0 Å². The van der Waals surface area contributed by atoms with E-state index in [0.29, 0.717) is 19.7 Å². The van der Waals surface area contributed by atoms with Crippen LogP contribution in [0.1, 0.15) is 24.2 Å². The predicted molar refractivity (Wildman–Crippen MR) is 87.7 cm³/mol. The van der Waals surface area contributed by atoms with Gasteiger partial charge in [-0.15, -0.1) is 0 Å². The summed E-state index contributed by atoms with van der Waals surface area (Å²) in [6.45, 7) is 3.38. The van der Waals surface area contributed by atoms with Gasteiger partial charge in [-0.25, -0.2) is 4.79 Å². The number of pyridine rings is 2. The molecule has 122 valence electrons. The third kappa shape index (κ3) is 5.34. The molecule has 6 nitrogen and oxygen atoms in total. The fourth-order valence-corrected chi connectivity index (χ4v) is 2.15. The Kier molecular flexibility index (Phi) is 6.50. The monoisotopic (exact) mass is 314 g/mol. The molecule has 0 bridgehead atoms. The molecule has 6 heteroatoms. The molecule has 0 unspecified atom stereocenters. The maximum absolute atomic E-state index is 12.5. The molecule has 0 aliphatic carbocycles. The van der Waals surface area contributed by atoms with E-state index in [9.17, 15) is 4.79 Å². The normalized spacial score (nSPS) is 11.7. The number of aromatic nitrogens is 2. The van der Waals surface area contributed by atoms with Gasteiger partial charge in [0.1, 0.15) is 0 Å². The van der Waals surface area contributed by atoms with Gasteiger partial charge in [0.25, 0.3) is 0 Å². The fourth-order valence-electron chi connectivity index (χ4n) is 2.15. The van der Waals surface area contributed by atoms with E-state index < -0.39 is 0 Å². The largest absolute Gasteiger partial charge is 0.383 e. The minimum atomic E-state index is -0.164. The third-order valence-corrected chi connectivity index (χ3v) is 3.42. The molecule has 0 aromatic carbocycles. The van der Waals surface area contributed by atoms with E-state index in [-0.39, 0.29) is 12.1 Å². The highest BCUT2D eigenvalue weighted by molar-refractivity contribution is 5.74. The van der Waals surface area contributed by atoms with Crippen LogP contribution in [-0.4, -0.2) is 41.2 Å². The van der Waals surface area contributed by atoms with Crippen molar-refractivity contribution in [2.75, 3.05) is 20.3 Å². The van der Waals surface area contributed by atoms with Crippen molar-refractivity contribution < 1.29 is 9.53 Å². The lowest BCUT2D eigenvalue weighted by Gasteiger charge is -2.25. The number of nitrogens with one attached hydrogen (secondary N) is 1. The minimum Gasteiger partial charge on any atom is -0.383 e. The lowest BCUT2D eigenvalue weighted by Crippen LogP contribution is -2.42. The highest BCUT2D eigenvalue weighted by Gasteiger charge is 2.17. The van der Waals surface area contributed by atoms with E-state index in [1.54, 1.807) is 30.6 Å². The molecule has 0 radical (unpaired) electrons. The second-order valence-corrected chi connectivity index (χ2v) is 5.20. The van der Waals surface area contributed by atoms with Gasteiger partial charge in [0.05, 0.1) is 18.3 Å². The zero-order chi connectivity index (χ0) is 16.5. The molecule has 2 amide bonds. The molecule has 1 N–H and O–H groups in total. The molecule has 2 aromatic rings. The zero-order valence-corrected chi connectivity index (χ0v) is 13.5. The van der Waals surface area contributed by atoms with Crippen molar-refractivity contribution in [1.29, 1.82) is 0 Å². The Morgan fingerprint density at radius 1 is 1.30 bits per heavy atom. The third-order valence-electron chi connectivity index (χ3n) is 3.42. The van der Waals surface area contributed by atoms with Crippen molar-refractivity contribution in [2.45, 2.75) is 19.5 Å². The summed E-state index contributed by atoms with van der Waals surface area (Å²) in [5, 5.41) is 2.97. The van der Waals surface area contributed by atoms with E-state index in [0.717, 1.165) is 11.3 Å². The molecule has 23 heavy (non-hydrogen) atoms. The quantitative estimate of drug-likeness (QED) is 0.852. The number of nitrogens with zero attached hydrogens (tertiary/aromatic N) is 3. The van der Waals surface area contributed by atoms with Crippen LogP contribution >= 0.6 is 0 Å². The van der Waals surface area contributed by atoms with Crippen LogP contribution in [0.5, 0.6) is 0 Å². The average Bonchev–Trinajstić information content (AvgIpc) is 2.60. The van der Waals surface area contributed by atoms with Crippen LogP contribution in [0.15, 0.2) is 48.9 Å². The molecular weight excluding hydrogens is 292 g/mol. The summed E-state index contributed by atoms with van der Waals surface area (Å²) >= 11 is 0. The molecular formula is C17H22N4O2. The standard InChI is InChI=1S/C17H22N4O2/c1-14(16-7-3-4-9-19-16)20-17(22)21(10-11-23-2)13-15-6-5-8-18-12-15/h3-9,12,14H,10-11,13H2,1-2H3,(H,20,22)/t14-/m1/s1. The van der Waals surface area contributed by atoms with E-state index in [1.165, 1.54) is 0 Å². The molecule has 0 saturated heterocycles. The van der Waals surface area contributed by atoms with Crippen molar-refractivity contribution in [3.05, 3.63) is 60.2 Å². The highest BCUT2D eigenvalue weighted by atomic mass is 16.5. The molecule has 0 aliphatic rings. The van der Waals surface area contributed by atoms with Crippen LogP contribution in [0.4, 0.5) is 4.79 Å². The van der Waals surface area contributed by atoms with Gasteiger partial charge in [-0.3, -0.25) is 9.97 Å². The van der Waals surface area contributed by atoms with Gasteiger partial charge in [-0.05, 0) is 30.7 Å². The van der Waals surface area contributed by atoms with Gasteiger partial charge in [-0.2, -0.15) is 0 Å². The number of hydrogen-bond donors (Lipinski definition) is 1. The van der Waals surface area contributed by atoms with E-state index in [1.807, 2.05) is 37.3 Å². The molecule has 2 aromatic heterocycles. The SMILES string of the molecule is COCCN(Cc1cccnc1)C(=O)N[C@H](C)c1ccccn1. The maximum atomic E-state index is 12.5. The molecule has 2 heterocycles. The molecule has 1 atom stereocenters. The smallest absolute Gasteiger partial charge is 0.318 e. The fraction of sp³-hybridized carbons (Fsp3) is 0.353. The van der Waals surface area contributed by atoms with Crippen LogP contribution in [0, 0.1) is 0 Å². The van der Waals surface area contributed by atoms with Crippen LogP contribution in [-0.2, 0) is 11.3 Å². The van der Waals surface area contributed by atoms with E-state index in [4.69, 9.17) is 4.74 Å². The van der Waals surface area contributed by atoms with Crippen LogP contribution in [0.2, 0.25) is 0 Å². The van der Waals surface area contributed by atoms with Crippen molar-refractivity contribution in [3.63, 3.8) is 0 Å². The first-order valence-corrected chi connectivity index (χ1v) is 7.55. The molecule has 0 fully saturated rings. The van der Waals surface area contributed by atoms with Crippen molar-refractivity contribution in [1.82, 2.24) is 20.2 Å². The van der Waals surface area contributed by atoms with Crippen molar-refractivity contribution >= 4 is 6.03 Å². The van der Waals surface area contributed by atoms with Crippen molar-refractivity contribution in [3.8, 4) is 0 Å². The predicted octanol–water partition coefficient (Wildman–Crippen LogP) is 2.40. The number of carbonyl (C=O) groups excluding carboxylic acids is 1. The van der Waals surface area contributed by atoms with Gasteiger partial charge < -0.3 is 15.0 Å². The Balaban J connectivity index is 2.01. The lowest BCUT2D eigenvalue weighted by atomic mass is 10.2. The average molecular weight is 314 g/mol. The van der Waals surface area contributed by atoms with Crippen LogP contribution < -0.4 is 5.32 Å². The number of ether oxygens (including phenoxy) is 1. The topological polar surface area (TPSA) is 67.3 Å².